The molecule has 0 saturated heterocycles. The van der Waals surface area contributed by atoms with Gasteiger partial charge in [0.2, 0.25) is 0 Å². The van der Waals surface area contributed by atoms with E-state index >= 15 is 0 Å². The molecule has 3 rings (SSSR count). The fourth-order valence-corrected chi connectivity index (χ4v) is 3.38. The van der Waals surface area contributed by atoms with Crippen molar-refractivity contribution in [3.8, 4) is 0 Å². The Morgan fingerprint density at radius 3 is 2.82 bits per heavy atom. The van der Waals surface area contributed by atoms with E-state index in [9.17, 15) is 0 Å². The largest absolute Gasteiger partial charge is 0.346 e. The van der Waals surface area contributed by atoms with Crippen LogP contribution in [0.4, 0.5) is 0 Å². The molecule has 1 aliphatic heterocycles. The first-order valence-corrected chi connectivity index (χ1v) is 6.41. The van der Waals surface area contributed by atoms with E-state index in [2.05, 4.69) is 49.8 Å². The first-order valence-electron chi connectivity index (χ1n) is 6.41. The molecule has 0 saturated carbocycles. The van der Waals surface area contributed by atoms with E-state index in [1.165, 1.54) is 27.7 Å². The van der Waals surface area contributed by atoms with Crippen molar-refractivity contribution in [1.29, 1.82) is 0 Å². The van der Waals surface area contributed by atoms with Gasteiger partial charge in [0, 0.05) is 29.7 Å². The lowest BCUT2D eigenvalue weighted by atomic mass is 9.97. The number of hydrogen-bond donors (Lipinski definition) is 1. The minimum atomic E-state index is 0.468. The highest BCUT2D eigenvalue weighted by atomic mass is 15.0. The monoisotopic (exact) mass is 228 g/mol. The molecule has 1 N–H and O–H groups in total. The summed E-state index contributed by atoms with van der Waals surface area (Å²) < 4.78 is 2.38. The van der Waals surface area contributed by atoms with Crippen LogP contribution in [0.2, 0.25) is 0 Å². The van der Waals surface area contributed by atoms with Crippen LogP contribution < -0.4 is 5.32 Å². The molecule has 1 aliphatic rings. The topological polar surface area (TPSA) is 17.0 Å². The summed E-state index contributed by atoms with van der Waals surface area (Å²) in [5.74, 6) is 0. The minimum absolute atomic E-state index is 0.468. The van der Waals surface area contributed by atoms with Gasteiger partial charge in [-0.2, -0.15) is 0 Å². The van der Waals surface area contributed by atoms with Gasteiger partial charge in [-0.3, -0.25) is 0 Å². The van der Waals surface area contributed by atoms with Crippen molar-refractivity contribution in [3.05, 3.63) is 34.5 Å². The van der Waals surface area contributed by atoms with Gasteiger partial charge < -0.3 is 9.88 Å². The van der Waals surface area contributed by atoms with Crippen molar-refractivity contribution in [2.24, 2.45) is 7.05 Å². The highest BCUT2D eigenvalue weighted by Gasteiger charge is 2.23. The van der Waals surface area contributed by atoms with E-state index in [0.717, 1.165) is 13.0 Å². The average molecular weight is 228 g/mol. The molecule has 2 aromatic rings. The quantitative estimate of drug-likeness (QED) is 0.733. The van der Waals surface area contributed by atoms with Crippen LogP contribution in [0.3, 0.4) is 0 Å². The number of benzene rings is 1. The molecule has 0 amide bonds. The second kappa shape index (κ2) is 3.61. The van der Waals surface area contributed by atoms with Crippen molar-refractivity contribution in [2.75, 3.05) is 6.54 Å². The fraction of sp³-hybridized carbons (Fsp3) is 0.467. The molecule has 1 atom stereocenters. The van der Waals surface area contributed by atoms with E-state index in [1.54, 1.807) is 5.56 Å². The Labute approximate surface area is 103 Å². The third-order valence-corrected chi connectivity index (χ3v) is 4.03. The van der Waals surface area contributed by atoms with Gasteiger partial charge in [-0.15, -0.1) is 0 Å². The molecule has 2 nitrogen and oxygen atoms in total. The minimum Gasteiger partial charge on any atom is -0.346 e. The number of fused-ring (bicyclic) bond motifs is 3. The molecule has 0 radical (unpaired) electrons. The maximum Gasteiger partial charge on any atom is 0.0488 e. The number of aryl methyl sites for hydroxylation is 3. The number of rotatable bonds is 0. The molecule has 0 fully saturated rings. The Morgan fingerprint density at radius 1 is 1.29 bits per heavy atom. The average Bonchev–Trinajstić information content (AvgIpc) is 2.54. The summed E-state index contributed by atoms with van der Waals surface area (Å²) in [6.45, 7) is 7.78. The molecule has 0 aliphatic carbocycles. The molecular formula is C15H20N2. The fourth-order valence-electron chi connectivity index (χ4n) is 3.38. The third-order valence-electron chi connectivity index (χ3n) is 4.03. The first-order chi connectivity index (χ1) is 8.09. The van der Waals surface area contributed by atoms with Gasteiger partial charge in [0.15, 0.2) is 0 Å². The third kappa shape index (κ3) is 1.44. The van der Waals surface area contributed by atoms with Crippen molar-refractivity contribution in [2.45, 2.75) is 33.2 Å². The van der Waals surface area contributed by atoms with Crippen molar-refractivity contribution in [1.82, 2.24) is 9.88 Å². The van der Waals surface area contributed by atoms with Crippen LogP contribution in [0.1, 0.15) is 35.3 Å². The van der Waals surface area contributed by atoms with Crippen LogP contribution in [0.15, 0.2) is 12.1 Å². The summed E-state index contributed by atoms with van der Waals surface area (Å²) in [6.07, 6.45) is 1.15. The van der Waals surface area contributed by atoms with Crippen LogP contribution in [0.5, 0.6) is 0 Å². The number of aromatic nitrogens is 1. The maximum atomic E-state index is 3.55. The van der Waals surface area contributed by atoms with E-state index in [4.69, 9.17) is 0 Å². The van der Waals surface area contributed by atoms with Crippen LogP contribution in [0, 0.1) is 13.8 Å². The molecule has 1 aromatic heterocycles. The normalized spacial score (nSPS) is 19.6. The maximum absolute atomic E-state index is 3.55. The first kappa shape index (κ1) is 10.8. The Hall–Kier alpha value is -1.28. The molecular weight excluding hydrogens is 208 g/mol. The van der Waals surface area contributed by atoms with E-state index in [1.807, 2.05) is 0 Å². The Balaban J connectivity index is 2.44. The predicted molar refractivity (Wildman–Crippen MR) is 72.5 cm³/mol. The molecule has 0 spiro atoms. The van der Waals surface area contributed by atoms with Crippen LogP contribution in [-0.2, 0) is 13.5 Å². The zero-order chi connectivity index (χ0) is 12.2. The van der Waals surface area contributed by atoms with Crippen molar-refractivity contribution < 1.29 is 0 Å². The van der Waals surface area contributed by atoms with Gasteiger partial charge in [0.1, 0.15) is 0 Å². The van der Waals surface area contributed by atoms with E-state index in [-0.39, 0.29) is 0 Å². The summed E-state index contributed by atoms with van der Waals surface area (Å²) in [4.78, 5) is 0. The highest BCUT2D eigenvalue weighted by molar-refractivity contribution is 5.89. The van der Waals surface area contributed by atoms with Crippen molar-refractivity contribution in [3.63, 3.8) is 0 Å². The molecule has 2 heteroatoms. The standard InChI is InChI=1S/C15H20N2/c1-9-7-10(2)14-12-5-6-16-11(3)15(12)17(4)13(14)8-9/h7-8,11,16H,5-6H2,1-4H3. The lowest BCUT2D eigenvalue weighted by molar-refractivity contribution is 0.515. The lowest BCUT2D eigenvalue weighted by Gasteiger charge is -2.22. The Kier molecular flexibility index (Phi) is 2.30. The Morgan fingerprint density at radius 2 is 2.06 bits per heavy atom. The molecule has 90 valence electrons. The molecule has 1 aromatic carbocycles. The van der Waals surface area contributed by atoms with Crippen LogP contribution >= 0.6 is 0 Å². The smallest absolute Gasteiger partial charge is 0.0488 e. The molecule has 2 heterocycles. The molecule has 0 bridgehead atoms. The number of nitrogens with one attached hydrogen (secondary N) is 1. The van der Waals surface area contributed by atoms with E-state index < -0.39 is 0 Å². The number of hydrogen-bond acceptors (Lipinski definition) is 1. The number of nitrogens with zero attached hydrogens (tertiary/aromatic N) is 1. The van der Waals surface area contributed by atoms with Gasteiger partial charge in [-0.1, -0.05) is 6.07 Å². The van der Waals surface area contributed by atoms with Gasteiger partial charge in [0.25, 0.3) is 0 Å². The summed E-state index contributed by atoms with van der Waals surface area (Å²) in [7, 11) is 2.20. The highest BCUT2D eigenvalue weighted by Crippen LogP contribution is 2.34. The molecule has 1 unspecified atom stereocenters. The summed E-state index contributed by atoms with van der Waals surface area (Å²) in [5.41, 5.74) is 7.20. The SMILES string of the molecule is Cc1cc(C)c2c3c(n(C)c2c1)C(C)NCC3. The second-order valence-corrected chi connectivity index (χ2v) is 5.32. The summed E-state index contributed by atoms with van der Waals surface area (Å²) in [5, 5.41) is 5.04. The van der Waals surface area contributed by atoms with Gasteiger partial charge in [-0.25, -0.2) is 0 Å². The van der Waals surface area contributed by atoms with E-state index in [0.29, 0.717) is 6.04 Å². The van der Waals surface area contributed by atoms with Gasteiger partial charge in [-0.05, 0) is 56.5 Å². The van der Waals surface area contributed by atoms with Crippen LogP contribution in [-0.4, -0.2) is 11.1 Å². The summed E-state index contributed by atoms with van der Waals surface area (Å²) >= 11 is 0. The zero-order valence-electron chi connectivity index (χ0n) is 11.1. The zero-order valence-corrected chi connectivity index (χ0v) is 11.1. The van der Waals surface area contributed by atoms with Gasteiger partial charge in [0.05, 0.1) is 0 Å². The van der Waals surface area contributed by atoms with Gasteiger partial charge >= 0.3 is 0 Å². The Bertz CT molecular complexity index is 593. The van der Waals surface area contributed by atoms with Crippen molar-refractivity contribution >= 4 is 10.9 Å². The lowest BCUT2D eigenvalue weighted by Crippen LogP contribution is -2.28. The molecule has 17 heavy (non-hydrogen) atoms. The second-order valence-electron chi connectivity index (χ2n) is 5.32. The summed E-state index contributed by atoms with van der Waals surface area (Å²) in [6, 6.07) is 5.08. The predicted octanol–water partition coefficient (Wildman–Crippen LogP) is 3.00. The van der Waals surface area contributed by atoms with Crippen LogP contribution in [0.25, 0.3) is 10.9 Å².